The number of nitrogens with one attached hydrogen (secondary N) is 2. The minimum atomic E-state index is -0.288. The summed E-state index contributed by atoms with van der Waals surface area (Å²) >= 11 is 0. The molecule has 1 aliphatic rings. The number of ether oxygens (including phenoxy) is 1. The highest BCUT2D eigenvalue weighted by atomic mass is 16.5. The summed E-state index contributed by atoms with van der Waals surface area (Å²) in [6.07, 6.45) is 2.07. The van der Waals surface area contributed by atoms with E-state index in [1.54, 1.807) is 24.3 Å². The lowest BCUT2D eigenvalue weighted by atomic mass is 10.1. The van der Waals surface area contributed by atoms with Gasteiger partial charge < -0.3 is 25.2 Å². The van der Waals surface area contributed by atoms with Gasteiger partial charge in [-0.3, -0.25) is 9.59 Å². The minimum Gasteiger partial charge on any atom is -0.494 e. The maximum absolute atomic E-state index is 12.4. The summed E-state index contributed by atoms with van der Waals surface area (Å²) in [4.78, 5) is 29.6. The lowest BCUT2D eigenvalue weighted by molar-refractivity contribution is -0.115. The Labute approximate surface area is 197 Å². The Morgan fingerprint density at radius 2 is 1.73 bits per heavy atom. The fourth-order valence-corrected chi connectivity index (χ4v) is 3.80. The summed E-state index contributed by atoms with van der Waals surface area (Å²) in [6.45, 7) is 12.1. The second-order valence-electron chi connectivity index (χ2n) is 8.38. The van der Waals surface area contributed by atoms with Crippen molar-refractivity contribution in [2.24, 2.45) is 0 Å². The smallest absolute Gasteiger partial charge is 0.251 e. The van der Waals surface area contributed by atoms with Crippen LogP contribution in [-0.2, 0) is 4.79 Å². The fraction of sp³-hybridized carbons (Fsp3) is 0.462. The lowest BCUT2D eigenvalue weighted by Crippen LogP contribution is -2.46. The van der Waals surface area contributed by atoms with E-state index in [9.17, 15) is 9.59 Å². The van der Waals surface area contributed by atoms with Crippen LogP contribution in [0.1, 0.15) is 42.6 Å². The molecule has 1 fully saturated rings. The van der Waals surface area contributed by atoms with Crippen molar-refractivity contribution in [2.75, 3.05) is 56.1 Å². The van der Waals surface area contributed by atoms with Gasteiger partial charge in [0.15, 0.2) is 0 Å². The van der Waals surface area contributed by atoms with Crippen LogP contribution in [-0.4, -0.2) is 62.6 Å². The number of nitrogens with zero attached hydrogens (tertiary/aromatic N) is 2. The molecule has 0 saturated carbocycles. The molecule has 0 unspecified atom stereocenters. The molecule has 1 heterocycles. The highest BCUT2D eigenvalue weighted by molar-refractivity contribution is 5.99. The molecule has 3 rings (SSSR count). The number of likely N-dealkylation sites (N-methyl/N-ethyl adjacent to an activating group) is 1. The first-order valence-corrected chi connectivity index (χ1v) is 11.9. The molecule has 2 aromatic rings. The summed E-state index contributed by atoms with van der Waals surface area (Å²) in [5.41, 5.74) is 3.44. The maximum Gasteiger partial charge on any atom is 0.251 e. The zero-order valence-electron chi connectivity index (χ0n) is 20.0. The number of carbonyl (C=O) groups excluding carboxylic acids is 2. The topological polar surface area (TPSA) is 73.9 Å². The van der Waals surface area contributed by atoms with E-state index in [-0.39, 0.29) is 18.4 Å². The molecule has 1 saturated heterocycles. The van der Waals surface area contributed by atoms with Crippen LogP contribution in [0.2, 0.25) is 0 Å². The SMILES string of the molecule is CCCCOc1ccc(C(=O)NCC(=O)Nc2ccc(N3CCN(CC)CC3)cc2C)cc1. The summed E-state index contributed by atoms with van der Waals surface area (Å²) in [5.74, 6) is 0.197. The molecule has 7 nitrogen and oxygen atoms in total. The first kappa shape index (κ1) is 24.6. The summed E-state index contributed by atoms with van der Waals surface area (Å²) in [5, 5.41) is 5.58. The maximum atomic E-state index is 12.4. The number of anilines is 2. The predicted octanol–water partition coefficient (Wildman–Crippen LogP) is 3.68. The van der Waals surface area contributed by atoms with Crippen molar-refractivity contribution in [2.45, 2.75) is 33.6 Å². The van der Waals surface area contributed by atoms with E-state index in [1.165, 1.54) is 5.69 Å². The van der Waals surface area contributed by atoms with Gasteiger partial charge in [-0.05, 0) is 67.9 Å². The molecule has 0 aliphatic carbocycles. The van der Waals surface area contributed by atoms with Crippen molar-refractivity contribution in [3.05, 3.63) is 53.6 Å². The van der Waals surface area contributed by atoms with Crippen molar-refractivity contribution in [1.29, 1.82) is 0 Å². The Bertz CT molecular complexity index is 922. The Hall–Kier alpha value is -3.06. The Kier molecular flexibility index (Phi) is 9.13. The van der Waals surface area contributed by atoms with Crippen LogP contribution in [0.15, 0.2) is 42.5 Å². The standard InChI is InChI=1S/C26H36N4O3/c1-4-6-17-33-23-10-7-21(8-11-23)26(32)27-19-25(31)28-24-12-9-22(18-20(24)3)30-15-13-29(5-2)14-16-30/h7-12,18H,4-6,13-17,19H2,1-3H3,(H,27,32)(H,28,31). The fourth-order valence-electron chi connectivity index (χ4n) is 3.80. The van der Waals surface area contributed by atoms with Crippen LogP contribution in [0.25, 0.3) is 0 Å². The zero-order valence-corrected chi connectivity index (χ0v) is 20.0. The van der Waals surface area contributed by atoms with Gasteiger partial charge in [0.1, 0.15) is 5.75 Å². The molecule has 178 valence electrons. The zero-order chi connectivity index (χ0) is 23.6. The molecule has 1 aliphatic heterocycles. The molecule has 2 amide bonds. The highest BCUT2D eigenvalue weighted by Crippen LogP contribution is 2.23. The van der Waals surface area contributed by atoms with Crippen molar-refractivity contribution in [1.82, 2.24) is 10.2 Å². The third-order valence-electron chi connectivity index (χ3n) is 5.96. The molecule has 2 aromatic carbocycles. The summed E-state index contributed by atoms with van der Waals surface area (Å²) in [7, 11) is 0. The molecule has 0 aromatic heterocycles. The van der Waals surface area contributed by atoms with E-state index in [4.69, 9.17) is 4.74 Å². The largest absolute Gasteiger partial charge is 0.494 e. The first-order valence-electron chi connectivity index (χ1n) is 11.9. The van der Waals surface area contributed by atoms with E-state index in [0.717, 1.165) is 62.6 Å². The molecule has 2 N–H and O–H groups in total. The van der Waals surface area contributed by atoms with E-state index in [1.807, 2.05) is 19.1 Å². The molecule has 0 radical (unpaired) electrons. The van der Waals surface area contributed by atoms with Gasteiger partial charge in [0.25, 0.3) is 5.91 Å². The van der Waals surface area contributed by atoms with Gasteiger partial charge >= 0.3 is 0 Å². The summed E-state index contributed by atoms with van der Waals surface area (Å²) < 4.78 is 5.61. The van der Waals surface area contributed by atoms with Crippen molar-refractivity contribution >= 4 is 23.2 Å². The third-order valence-corrected chi connectivity index (χ3v) is 5.96. The van der Waals surface area contributed by atoms with Gasteiger partial charge in [-0.15, -0.1) is 0 Å². The van der Waals surface area contributed by atoms with E-state index < -0.39 is 0 Å². The number of rotatable bonds is 10. The van der Waals surface area contributed by atoms with Gasteiger partial charge in [-0.25, -0.2) is 0 Å². The first-order chi connectivity index (χ1) is 16.0. The van der Waals surface area contributed by atoms with E-state index >= 15 is 0 Å². The van der Waals surface area contributed by atoms with Crippen LogP contribution in [0.5, 0.6) is 5.75 Å². The van der Waals surface area contributed by atoms with Gasteiger partial charge in [-0.2, -0.15) is 0 Å². The average Bonchev–Trinajstić information content (AvgIpc) is 2.84. The van der Waals surface area contributed by atoms with Gasteiger partial charge in [0.2, 0.25) is 5.91 Å². The molecule has 33 heavy (non-hydrogen) atoms. The van der Waals surface area contributed by atoms with Gasteiger partial charge in [0, 0.05) is 43.1 Å². The Morgan fingerprint density at radius 1 is 1.00 bits per heavy atom. The molecular weight excluding hydrogens is 416 g/mol. The second-order valence-corrected chi connectivity index (χ2v) is 8.38. The predicted molar refractivity (Wildman–Crippen MR) is 133 cm³/mol. The molecule has 0 atom stereocenters. The number of unbranched alkanes of at least 4 members (excludes halogenated alkanes) is 1. The van der Waals surface area contributed by atoms with Crippen molar-refractivity contribution < 1.29 is 14.3 Å². The third kappa shape index (κ3) is 7.22. The normalized spacial score (nSPS) is 14.1. The Morgan fingerprint density at radius 3 is 2.36 bits per heavy atom. The molecule has 0 spiro atoms. The number of aryl methyl sites for hydroxylation is 1. The molecular formula is C26H36N4O3. The number of benzene rings is 2. The van der Waals surface area contributed by atoms with Crippen LogP contribution >= 0.6 is 0 Å². The minimum absolute atomic E-state index is 0.0895. The van der Waals surface area contributed by atoms with Gasteiger partial charge in [0.05, 0.1) is 13.2 Å². The van der Waals surface area contributed by atoms with Crippen molar-refractivity contribution in [3.8, 4) is 5.75 Å². The van der Waals surface area contributed by atoms with E-state index in [0.29, 0.717) is 12.2 Å². The second kappa shape index (κ2) is 12.3. The molecule has 0 bridgehead atoms. The average molecular weight is 453 g/mol. The molecule has 7 heteroatoms. The monoisotopic (exact) mass is 452 g/mol. The number of hydrogen-bond donors (Lipinski definition) is 2. The number of piperazine rings is 1. The van der Waals surface area contributed by atoms with Gasteiger partial charge in [-0.1, -0.05) is 20.3 Å². The van der Waals surface area contributed by atoms with Crippen LogP contribution in [0.4, 0.5) is 11.4 Å². The highest BCUT2D eigenvalue weighted by Gasteiger charge is 2.17. The lowest BCUT2D eigenvalue weighted by Gasteiger charge is -2.35. The number of hydrogen-bond acceptors (Lipinski definition) is 5. The number of amides is 2. The van der Waals surface area contributed by atoms with E-state index in [2.05, 4.69) is 40.3 Å². The van der Waals surface area contributed by atoms with Crippen LogP contribution in [0.3, 0.4) is 0 Å². The number of carbonyl (C=O) groups is 2. The quantitative estimate of drug-likeness (QED) is 0.538. The Balaban J connectivity index is 1.47. The summed E-state index contributed by atoms with van der Waals surface area (Å²) in [6, 6.07) is 13.1. The van der Waals surface area contributed by atoms with Crippen LogP contribution < -0.4 is 20.3 Å². The van der Waals surface area contributed by atoms with Crippen LogP contribution in [0, 0.1) is 6.92 Å². The van der Waals surface area contributed by atoms with Crippen molar-refractivity contribution in [3.63, 3.8) is 0 Å².